The van der Waals surface area contributed by atoms with E-state index in [4.69, 9.17) is 14.6 Å². The summed E-state index contributed by atoms with van der Waals surface area (Å²) in [4.78, 5) is 24.7. The molecule has 2 heterocycles. The summed E-state index contributed by atoms with van der Waals surface area (Å²) in [6.45, 7) is 3.05. The molecule has 0 N–H and O–H groups in total. The average Bonchev–Trinajstić information content (AvgIpc) is 3.48. The number of carbonyl (C=O) groups is 2. The summed E-state index contributed by atoms with van der Waals surface area (Å²) in [5.74, 6) is -2.68. The Balaban J connectivity index is 1.41. The fourth-order valence-corrected chi connectivity index (χ4v) is 5.29. The second-order valence-electron chi connectivity index (χ2n) is 10.3. The zero-order valence-electron chi connectivity index (χ0n) is 22.7. The van der Waals surface area contributed by atoms with Gasteiger partial charge in [0.2, 0.25) is 0 Å². The third-order valence-electron chi connectivity index (χ3n) is 7.14. The molecule has 6 heteroatoms. The van der Waals surface area contributed by atoms with Crippen LogP contribution in [0.2, 0.25) is 0 Å². The summed E-state index contributed by atoms with van der Waals surface area (Å²) in [5, 5.41) is 5.12. The van der Waals surface area contributed by atoms with Gasteiger partial charge in [0, 0.05) is 25.6 Å². The molecule has 202 valence electrons. The second-order valence-corrected chi connectivity index (χ2v) is 10.3. The minimum Gasteiger partial charge on any atom is -0.419 e. The number of hydrogen-bond acceptors (Lipinski definition) is 5. The first kappa shape index (κ1) is 26.0. The molecule has 0 aliphatic carbocycles. The van der Waals surface area contributed by atoms with E-state index in [0.29, 0.717) is 5.56 Å². The number of benzene rings is 4. The Labute approximate surface area is 238 Å². The van der Waals surface area contributed by atoms with Gasteiger partial charge in [-0.3, -0.25) is 4.68 Å². The van der Waals surface area contributed by atoms with Crippen molar-refractivity contribution in [3.05, 3.63) is 155 Å². The number of rotatable bonds is 6. The van der Waals surface area contributed by atoms with Crippen molar-refractivity contribution in [1.29, 1.82) is 0 Å². The summed E-state index contributed by atoms with van der Waals surface area (Å²) >= 11 is 0. The molecule has 1 fully saturated rings. The van der Waals surface area contributed by atoms with Gasteiger partial charge in [-0.15, -0.1) is 0 Å². The van der Waals surface area contributed by atoms with Crippen LogP contribution in [0, 0.1) is 0 Å². The Hall–Kier alpha value is -5.23. The Morgan fingerprint density at radius 3 is 1.59 bits per heavy atom. The first-order valence-corrected chi connectivity index (χ1v) is 13.4. The molecule has 6 nitrogen and oxygen atoms in total. The van der Waals surface area contributed by atoms with Crippen LogP contribution in [0.5, 0.6) is 0 Å². The van der Waals surface area contributed by atoms with Crippen LogP contribution in [-0.4, -0.2) is 27.5 Å². The smallest absolute Gasteiger partial charge is 0.348 e. The van der Waals surface area contributed by atoms with Gasteiger partial charge in [0.05, 0.1) is 5.69 Å². The first-order valence-electron chi connectivity index (χ1n) is 13.4. The maximum absolute atomic E-state index is 12.4. The third-order valence-corrected chi connectivity index (χ3v) is 7.14. The normalized spacial score (nSPS) is 14.7. The molecular weight excluding hydrogens is 512 g/mol. The van der Waals surface area contributed by atoms with E-state index < -0.39 is 23.3 Å². The lowest BCUT2D eigenvalue weighted by Gasteiger charge is -2.36. The Kier molecular flexibility index (Phi) is 6.59. The van der Waals surface area contributed by atoms with Crippen LogP contribution in [0.25, 0.3) is 17.3 Å². The van der Waals surface area contributed by atoms with Gasteiger partial charge in [-0.25, -0.2) is 9.59 Å². The highest BCUT2D eigenvalue weighted by atomic mass is 16.7. The lowest BCUT2D eigenvalue weighted by Crippen LogP contribution is -2.41. The maximum Gasteiger partial charge on any atom is 0.348 e. The Morgan fingerprint density at radius 2 is 1.12 bits per heavy atom. The van der Waals surface area contributed by atoms with Gasteiger partial charge < -0.3 is 9.47 Å². The number of carbonyl (C=O) groups excluding carboxylic acids is 2. The van der Waals surface area contributed by atoms with E-state index in [2.05, 4.69) is 36.4 Å². The van der Waals surface area contributed by atoms with E-state index in [1.165, 1.54) is 19.9 Å². The number of ether oxygens (including phenoxy) is 2. The summed E-state index contributed by atoms with van der Waals surface area (Å²) in [5.41, 5.74) is 4.76. The number of aromatic nitrogens is 2. The van der Waals surface area contributed by atoms with E-state index in [1.807, 2.05) is 95.8 Å². The number of hydrogen-bond donors (Lipinski definition) is 0. The molecule has 1 aliphatic rings. The van der Waals surface area contributed by atoms with Crippen LogP contribution >= 0.6 is 0 Å². The van der Waals surface area contributed by atoms with E-state index in [1.54, 1.807) is 0 Å². The molecule has 41 heavy (non-hydrogen) atoms. The van der Waals surface area contributed by atoms with Gasteiger partial charge >= 0.3 is 11.9 Å². The minimum atomic E-state index is -1.28. The molecule has 0 saturated carbocycles. The van der Waals surface area contributed by atoms with Crippen LogP contribution in [0.15, 0.2) is 133 Å². The zero-order chi connectivity index (χ0) is 28.5. The van der Waals surface area contributed by atoms with E-state index in [0.717, 1.165) is 27.9 Å². The van der Waals surface area contributed by atoms with Gasteiger partial charge in [-0.1, -0.05) is 115 Å². The second kappa shape index (κ2) is 10.4. The first-order chi connectivity index (χ1) is 19.9. The third kappa shape index (κ3) is 4.85. The molecule has 0 bridgehead atoms. The Bertz CT molecular complexity index is 1600. The molecule has 6 rings (SSSR count). The maximum atomic E-state index is 12.4. The van der Waals surface area contributed by atoms with E-state index >= 15 is 0 Å². The van der Waals surface area contributed by atoms with Crippen molar-refractivity contribution in [3.63, 3.8) is 0 Å². The summed E-state index contributed by atoms with van der Waals surface area (Å²) in [7, 11) is 0. The SMILES string of the molecule is CC1(C)OC(=O)C(=Cc2ccc(-c3ccn(C(c4ccccc4)(c4ccccc4)c4ccccc4)n3)cc2)C(=O)O1. The van der Waals surface area contributed by atoms with Gasteiger partial charge in [-0.2, -0.15) is 5.10 Å². The van der Waals surface area contributed by atoms with Crippen molar-refractivity contribution in [1.82, 2.24) is 9.78 Å². The van der Waals surface area contributed by atoms with Gasteiger partial charge in [0.1, 0.15) is 11.1 Å². The number of nitrogens with zero attached hydrogens (tertiary/aromatic N) is 2. The highest BCUT2D eigenvalue weighted by Crippen LogP contribution is 2.41. The van der Waals surface area contributed by atoms with Crippen LogP contribution in [0.4, 0.5) is 0 Å². The molecule has 1 saturated heterocycles. The molecule has 0 unspecified atom stereocenters. The van der Waals surface area contributed by atoms with Crippen molar-refractivity contribution in [2.45, 2.75) is 25.2 Å². The van der Waals surface area contributed by atoms with Crippen LogP contribution < -0.4 is 0 Å². The van der Waals surface area contributed by atoms with E-state index in [-0.39, 0.29) is 5.57 Å². The van der Waals surface area contributed by atoms with Gasteiger partial charge in [0.25, 0.3) is 5.79 Å². The monoisotopic (exact) mass is 540 g/mol. The Morgan fingerprint density at radius 1 is 0.659 bits per heavy atom. The predicted molar refractivity (Wildman–Crippen MR) is 157 cm³/mol. The number of cyclic esters (lactones) is 2. The number of esters is 2. The van der Waals surface area contributed by atoms with Crippen molar-refractivity contribution >= 4 is 18.0 Å². The predicted octanol–water partition coefficient (Wildman–Crippen LogP) is 6.61. The standard InChI is InChI=1S/C35H28N2O4/c1-34(2)40-32(38)30(33(39)41-34)24-25-18-20-26(21-19-25)31-22-23-37(36-31)35(27-12-6-3-7-13-27,28-14-8-4-9-15-28)29-16-10-5-11-17-29/h3-24H,1-2H3. The van der Waals surface area contributed by atoms with Crippen LogP contribution in [-0.2, 0) is 24.6 Å². The summed E-state index contributed by atoms with van der Waals surface area (Å²) < 4.78 is 12.4. The average molecular weight is 541 g/mol. The van der Waals surface area contributed by atoms with Crippen molar-refractivity contribution in [2.24, 2.45) is 0 Å². The summed E-state index contributed by atoms with van der Waals surface area (Å²) in [6.07, 6.45) is 3.49. The highest BCUT2D eigenvalue weighted by Gasteiger charge is 2.40. The molecule has 5 aromatic rings. The molecule has 1 aliphatic heterocycles. The molecule has 0 atom stereocenters. The van der Waals surface area contributed by atoms with Crippen LogP contribution in [0.1, 0.15) is 36.1 Å². The van der Waals surface area contributed by atoms with Gasteiger partial charge in [0.15, 0.2) is 0 Å². The van der Waals surface area contributed by atoms with Crippen molar-refractivity contribution < 1.29 is 19.1 Å². The molecule has 0 spiro atoms. The highest BCUT2D eigenvalue weighted by molar-refractivity contribution is 6.18. The minimum absolute atomic E-state index is 0.139. The van der Waals surface area contributed by atoms with Crippen molar-refractivity contribution in [3.8, 4) is 11.3 Å². The van der Waals surface area contributed by atoms with E-state index in [9.17, 15) is 9.59 Å². The molecule has 0 radical (unpaired) electrons. The molecule has 0 amide bonds. The molecular formula is C35H28N2O4. The fourth-order valence-electron chi connectivity index (χ4n) is 5.29. The molecule has 4 aromatic carbocycles. The van der Waals surface area contributed by atoms with Crippen LogP contribution in [0.3, 0.4) is 0 Å². The zero-order valence-corrected chi connectivity index (χ0v) is 22.7. The lowest BCUT2D eigenvalue weighted by molar-refractivity contribution is -0.222. The summed E-state index contributed by atoms with van der Waals surface area (Å²) in [6, 6.07) is 40.6. The van der Waals surface area contributed by atoms with Gasteiger partial charge in [-0.05, 0) is 34.4 Å². The quantitative estimate of drug-likeness (QED) is 0.105. The van der Waals surface area contributed by atoms with Crippen molar-refractivity contribution in [2.75, 3.05) is 0 Å². The largest absolute Gasteiger partial charge is 0.419 e. The fraction of sp³-hybridized carbons (Fsp3) is 0.114. The molecule has 1 aromatic heterocycles. The topological polar surface area (TPSA) is 70.4 Å². The lowest BCUT2D eigenvalue weighted by atomic mass is 9.77.